The lowest BCUT2D eigenvalue weighted by Gasteiger charge is -2.32. The third kappa shape index (κ3) is 5.45. The van der Waals surface area contributed by atoms with Crippen LogP contribution in [0.2, 0.25) is 0 Å². The number of carbonyl (C=O) groups excluding carboxylic acids is 1. The van der Waals surface area contributed by atoms with Gasteiger partial charge in [-0.1, -0.05) is 116 Å². The Balaban J connectivity index is 1.34. The van der Waals surface area contributed by atoms with E-state index < -0.39 is 11.0 Å². The average molecular weight is 547 g/mol. The predicted molar refractivity (Wildman–Crippen MR) is 160 cm³/mol. The molecule has 210 valence electrons. The summed E-state index contributed by atoms with van der Waals surface area (Å²) in [5.74, 6) is 1.83. The number of carbonyl (C=O) groups is 1. The van der Waals surface area contributed by atoms with E-state index in [2.05, 4.69) is 100 Å². The summed E-state index contributed by atoms with van der Waals surface area (Å²) in [6, 6.07) is 29.7. The second-order valence-corrected chi connectivity index (χ2v) is 11.6. The summed E-state index contributed by atoms with van der Waals surface area (Å²) in [5.41, 5.74) is 3.59. The highest BCUT2D eigenvalue weighted by atomic mass is 16.2. The molecule has 7 heteroatoms. The average Bonchev–Trinajstić information content (AvgIpc) is 3.77. The van der Waals surface area contributed by atoms with E-state index in [4.69, 9.17) is 4.99 Å². The highest BCUT2D eigenvalue weighted by molar-refractivity contribution is 6.08. The number of aliphatic imine (C=N–C) groups is 1. The smallest absolute Gasteiger partial charge is 0.256 e. The molecule has 0 unspecified atom stereocenters. The molecule has 6 rings (SSSR count). The van der Waals surface area contributed by atoms with Crippen LogP contribution in [0.15, 0.2) is 89.9 Å². The van der Waals surface area contributed by atoms with Gasteiger partial charge in [-0.05, 0) is 54.4 Å². The summed E-state index contributed by atoms with van der Waals surface area (Å²) in [5, 5.41) is 15.7. The Morgan fingerprint density at radius 2 is 1.49 bits per heavy atom. The van der Waals surface area contributed by atoms with Gasteiger partial charge < -0.3 is 0 Å². The Morgan fingerprint density at radius 1 is 0.854 bits per heavy atom. The van der Waals surface area contributed by atoms with Crippen LogP contribution in [0, 0.1) is 0 Å². The molecule has 1 aliphatic heterocycles. The fourth-order valence-corrected chi connectivity index (χ4v) is 6.62. The van der Waals surface area contributed by atoms with E-state index in [1.807, 2.05) is 17.0 Å². The molecule has 1 saturated carbocycles. The molecule has 0 radical (unpaired) electrons. The number of aromatic amines is 1. The first-order valence-corrected chi connectivity index (χ1v) is 14.9. The quantitative estimate of drug-likeness (QED) is 0.242. The molecule has 1 N–H and O–H groups in total. The van der Waals surface area contributed by atoms with E-state index in [1.54, 1.807) is 0 Å². The topological polar surface area (TPSA) is 87.1 Å². The number of unbranched alkanes of at least 4 members (excludes halogenated alkanes) is 1. The standard InChI is InChI=1S/C34H38N6O/c1-2-3-16-30-35-34(21-10-11-22-34)32(41)40(30)25-28-17-19-29(20-18-28)33(31-36-38-39-37-31,23-26-12-6-4-7-13-26)24-27-14-8-5-9-15-27/h4-9,12-15,17-20H,2-3,10-11,16,21-25H2,1H3,(H,36,37,38,39). The van der Waals surface area contributed by atoms with Crippen LogP contribution in [0.4, 0.5) is 0 Å². The Bertz CT molecular complexity index is 1420. The van der Waals surface area contributed by atoms with Crippen molar-refractivity contribution in [3.8, 4) is 0 Å². The van der Waals surface area contributed by atoms with E-state index in [-0.39, 0.29) is 5.91 Å². The molecule has 3 aromatic carbocycles. The van der Waals surface area contributed by atoms with Crippen molar-refractivity contribution in [1.82, 2.24) is 25.5 Å². The second-order valence-electron chi connectivity index (χ2n) is 11.6. The Kier molecular flexibility index (Phi) is 7.77. The zero-order valence-electron chi connectivity index (χ0n) is 23.8. The fourth-order valence-electron chi connectivity index (χ4n) is 6.62. The van der Waals surface area contributed by atoms with E-state index in [0.717, 1.165) is 74.7 Å². The molecule has 41 heavy (non-hydrogen) atoms. The minimum absolute atomic E-state index is 0.194. The molecule has 0 saturated heterocycles. The van der Waals surface area contributed by atoms with Gasteiger partial charge >= 0.3 is 0 Å². The van der Waals surface area contributed by atoms with E-state index in [0.29, 0.717) is 12.4 Å². The van der Waals surface area contributed by atoms with Crippen molar-refractivity contribution < 1.29 is 4.79 Å². The van der Waals surface area contributed by atoms with Crippen molar-refractivity contribution in [3.05, 3.63) is 113 Å². The summed E-state index contributed by atoms with van der Waals surface area (Å²) in [4.78, 5) is 20.7. The van der Waals surface area contributed by atoms with Crippen LogP contribution in [0.5, 0.6) is 0 Å². The number of hydrogen-bond donors (Lipinski definition) is 1. The first kappa shape index (κ1) is 27.1. The number of nitrogens with one attached hydrogen (secondary N) is 1. The first-order chi connectivity index (χ1) is 20.1. The number of H-pyrrole nitrogens is 1. The van der Waals surface area contributed by atoms with Gasteiger partial charge in [0.1, 0.15) is 11.4 Å². The second kappa shape index (κ2) is 11.8. The van der Waals surface area contributed by atoms with Crippen LogP contribution >= 0.6 is 0 Å². The molecule has 4 aromatic rings. The summed E-state index contributed by atoms with van der Waals surface area (Å²) < 4.78 is 0. The lowest BCUT2D eigenvalue weighted by Crippen LogP contribution is -2.40. The Labute approximate surface area is 242 Å². The molecular formula is C34H38N6O. The zero-order chi connectivity index (χ0) is 28.1. The van der Waals surface area contributed by atoms with Crippen molar-refractivity contribution in [3.63, 3.8) is 0 Å². The van der Waals surface area contributed by atoms with Crippen LogP contribution < -0.4 is 0 Å². The molecule has 1 aliphatic carbocycles. The molecule has 0 atom stereocenters. The van der Waals surface area contributed by atoms with Crippen LogP contribution in [-0.4, -0.2) is 42.8 Å². The Morgan fingerprint density at radius 3 is 2.05 bits per heavy atom. The number of nitrogens with zero attached hydrogens (tertiary/aromatic N) is 5. The summed E-state index contributed by atoms with van der Waals surface area (Å²) in [7, 11) is 0. The van der Waals surface area contributed by atoms with E-state index >= 15 is 0 Å². The number of amides is 1. The number of benzene rings is 3. The summed E-state index contributed by atoms with van der Waals surface area (Å²) >= 11 is 0. The molecule has 1 aromatic heterocycles. The first-order valence-electron chi connectivity index (χ1n) is 14.9. The highest BCUT2D eigenvalue weighted by Crippen LogP contribution is 2.41. The van der Waals surface area contributed by atoms with Gasteiger partial charge in [-0.25, -0.2) is 0 Å². The Hall–Kier alpha value is -4.13. The largest absolute Gasteiger partial charge is 0.294 e. The van der Waals surface area contributed by atoms with Gasteiger partial charge in [0.15, 0.2) is 5.82 Å². The van der Waals surface area contributed by atoms with Crippen LogP contribution in [0.25, 0.3) is 0 Å². The molecule has 1 amide bonds. The number of hydrogen-bond acceptors (Lipinski definition) is 5. The third-order valence-corrected chi connectivity index (χ3v) is 8.80. The zero-order valence-corrected chi connectivity index (χ0v) is 23.8. The number of aromatic nitrogens is 4. The predicted octanol–water partition coefficient (Wildman–Crippen LogP) is 6.21. The molecule has 0 bridgehead atoms. The van der Waals surface area contributed by atoms with Crippen molar-refractivity contribution in [2.24, 2.45) is 4.99 Å². The van der Waals surface area contributed by atoms with Crippen LogP contribution in [0.1, 0.15) is 79.9 Å². The minimum atomic E-state index is -0.528. The number of rotatable bonds is 11. The van der Waals surface area contributed by atoms with E-state index in [9.17, 15) is 4.79 Å². The lowest BCUT2D eigenvalue weighted by molar-refractivity contribution is -0.131. The molecule has 2 aliphatic rings. The molecule has 2 heterocycles. The lowest BCUT2D eigenvalue weighted by atomic mass is 9.70. The van der Waals surface area contributed by atoms with Crippen LogP contribution in [0.3, 0.4) is 0 Å². The minimum Gasteiger partial charge on any atom is -0.294 e. The maximum atomic E-state index is 13.7. The molecule has 7 nitrogen and oxygen atoms in total. The summed E-state index contributed by atoms with van der Waals surface area (Å²) in [6.07, 6.45) is 8.36. The van der Waals surface area contributed by atoms with Gasteiger partial charge in [-0.15, -0.1) is 10.2 Å². The maximum Gasteiger partial charge on any atom is 0.256 e. The van der Waals surface area contributed by atoms with Gasteiger partial charge in [0, 0.05) is 6.42 Å². The van der Waals surface area contributed by atoms with Gasteiger partial charge in [-0.2, -0.15) is 5.21 Å². The van der Waals surface area contributed by atoms with Crippen LogP contribution in [-0.2, 0) is 29.6 Å². The molecule has 1 spiro atoms. The normalized spacial score (nSPS) is 16.5. The maximum absolute atomic E-state index is 13.7. The highest BCUT2D eigenvalue weighted by Gasteiger charge is 2.49. The van der Waals surface area contributed by atoms with Crippen molar-refractivity contribution >= 4 is 11.7 Å². The van der Waals surface area contributed by atoms with Crippen molar-refractivity contribution in [1.29, 1.82) is 0 Å². The molecule has 1 fully saturated rings. The van der Waals surface area contributed by atoms with Gasteiger partial charge in [0.25, 0.3) is 5.91 Å². The SMILES string of the molecule is CCCCC1=NC2(CCCC2)C(=O)N1Cc1ccc(C(Cc2ccccc2)(Cc2ccccc2)c2nn[nH]n2)cc1. The number of amidine groups is 1. The monoisotopic (exact) mass is 546 g/mol. The van der Waals surface area contributed by atoms with Crippen molar-refractivity contribution in [2.75, 3.05) is 0 Å². The number of tetrazole rings is 1. The van der Waals surface area contributed by atoms with Crippen molar-refractivity contribution in [2.45, 2.75) is 82.2 Å². The van der Waals surface area contributed by atoms with Gasteiger partial charge in [-0.3, -0.25) is 14.7 Å². The fraction of sp³-hybridized carbons (Fsp3) is 0.382. The molecular weight excluding hydrogens is 508 g/mol. The van der Waals surface area contributed by atoms with Gasteiger partial charge in [0.05, 0.1) is 12.0 Å². The third-order valence-electron chi connectivity index (χ3n) is 8.80. The van der Waals surface area contributed by atoms with Gasteiger partial charge in [0.2, 0.25) is 0 Å². The van der Waals surface area contributed by atoms with E-state index in [1.165, 1.54) is 11.1 Å². The summed E-state index contributed by atoms with van der Waals surface area (Å²) in [6.45, 7) is 2.74.